The largest absolute Gasteiger partial charge is 0.497 e. The third-order valence-electron chi connectivity index (χ3n) is 3.09. The predicted molar refractivity (Wildman–Crippen MR) is 72.7 cm³/mol. The Balaban J connectivity index is 2.71. The highest BCUT2D eigenvalue weighted by Gasteiger charge is 2.32. The Labute approximate surface area is 117 Å². The maximum Gasteiger partial charge on any atom is 0.401 e. The van der Waals surface area contributed by atoms with Gasteiger partial charge in [-0.25, -0.2) is 0 Å². The van der Waals surface area contributed by atoms with E-state index < -0.39 is 18.8 Å². The minimum absolute atomic E-state index is 0.156. The van der Waals surface area contributed by atoms with Gasteiger partial charge in [0.25, 0.3) is 0 Å². The molecular formula is C14H21F3N2O. The van der Waals surface area contributed by atoms with Crippen molar-refractivity contribution in [2.24, 2.45) is 5.73 Å². The lowest BCUT2D eigenvalue weighted by atomic mass is 10.1. The molecule has 0 fully saturated rings. The number of halogens is 3. The average Bonchev–Trinajstić information content (AvgIpc) is 2.36. The number of methoxy groups -OCH3 is 1. The van der Waals surface area contributed by atoms with Crippen molar-refractivity contribution >= 4 is 0 Å². The molecule has 20 heavy (non-hydrogen) atoms. The van der Waals surface area contributed by atoms with Crippen molar-refractivity contribution in [3.8, 4) is 5.75 Å². The molecule has 2 N–H and O–H groups in total. The molecule has 0 saturated carbocycles. The Morgan fingerprint density at radius 2 is 1.75 bits per heavy atom. The molecule has 3 nitrogen and oxygen atoms in total. The minimum Gasteiger partial charge on any atom is -0.497 e. The Bertz CT molecular complexity index is 404. The van der Waals surface area contributed by atoms with Crippen molar-refractivity contribution in [3.05, 3.63) is 29.8 Å². The second kappa shape index (κ2) is 6.95. The number of benzene rings is 1. The summed E-state index contributed by atoms with van der Waals surface area (Å²) in [7, 11) is 1.55. The summed E-state index contributed by atoms with van der Waals surface area (Å²) in [6, 6.07) is 6.36. The molecule has 0 radical (unpaired) electrons. The minimum atomic E-state index is -4.22. The van der Waals surface area contributed by atoms with Crippen molar-refractivity contribution in [1.29, 1.82) is 0 Å². The highest BCUT2D eigenvalue weighted by Crippen LogP contribution is 2.21. The fraction of sp³-hybridized carbons (Fsp3) is 0.571. The second-order valence-corrected chi connectivity index (χ2v) is 5.02. The van der Waals surface area contributed by atoms with Crippen LogP contribution in [0.2, 0.25) is 0 Å². The molecule has 0 heterocycles. The fourth-order valence-corrected chi connectivity index (χ4v) is 1.90. The molecule has 6 heteroatoms. The molecular weight excluding hydrogens is 269 g/mol. The van der Waals surface area contributed by atoms with Crippen LogP contribution in [0.5, 0.6) is 5.75 Å². The summed E-state index contributed by atoms with van der Waals surface area (Å²) in [5.41, 5.74) is 6.78. The Hall–Kier alpha value is -1.27. The van der Waals surface area contributed by atoms with Gasteiger partial charge >= 0.3 is 6.18 Å². The topological polar surface area (TPSA) is 38.5 Å². The van der Waals surface area contributed by atoms with Gasteiger partial charge in [0.05, 0.1) is 13.7 Å². The highest BCUT2D eigenvalue weighted by atomic mass is 19.4. The first-order chi connectivity index (χ1) is 9.23. The summed E-state index contributed by atoms with van der Waals surface area (Å²) in [6.07, 6.45) is -4.22. The van der Waals surface area contributed by atoms with Crippen molar-refractivity contribution in [3.63, 3.8) is 0 Å². The molecule has 0 amide bonds. The molecule has 1 aromatic carbocycles. The number of nitrogens with zero attached hydrogens (tertiary/aromatic N) is 1. The van der Waals surface area contributed by atoms with Crippen molar-refractivity contribution in [2.45, 2.75) is 32.1 Å². The number of hydrogen-bond donors (Lipinski definition) is 1. The summed E-state index contributed by atoms with van der Waals surface area (Å²) in [5, 5.41) is 0. The van der Waals surface area contributed by atoms with Crippen LogP contribution < -0.4 is 10.5 Å². The molecule has 0 saturated heterocycles. The van der Waals surface area contributed by atoms with E-state index in [4.69, 9.17) is 10.5 Å². The van der Waals surface area contributed by atoms with Gasteiger partial charge in [-0.15, -0.1) is 0 Å². The van der Waals surface area contributed by atoms with E-state index >= 15 is 0 Å². The molecule has 1 unspecified atom stereocenters. The maximum atomic E-state index is 12.5. The molecule has 1 rings (SSSR count). The number of ether oxygens (including phenoxy) is 1. The maximum absolute atomic E-state index is 12.5. The summed E-state index contributed by atoms with van der Waals surface area (Å²) in [6.45, 7) is 2.66. The Morgan fingerprint density at radius 1 is 1.20 bits per heavy atom. The number of hydrogen-bond acceptors (Lipinski definition) is 3. The summed E-state index contributed by atoms with van der Waals surface area (Å²) >= 11 is 0. The van der Waals surface area contributed by atoms with Crippen LogP contribution in [0.25, 0.3) is 0 Å². The highest BCUT2D eigenvalue weighted by molar-refractivity contribution is 5.29. The first-order valence-electron chi connectivity index (χ1n) is 6.43. The van der Waals surface area contributed by atoms with E-state index in [0.29, 0.717) is 5.75 Å². The zero-order valence-electron chi connectivity index (χ0n) is 11.9. The zero-order valence-corrected chi connectivity index (χ0v) is 11.9. The molecule has 0 spiro atoms. The third kappa shape index (κ3) is 5.38. The summed E-state index contributed by atoms with van der Waals surface area (Å²) in [5.74, 6) is 0.692. The van der Waals surface area contributed by atoms with Crippen LogP contribution in [0.4, 0.5) is 13.2 Å². The van der Waals surface area contributed by atoms with E-state index in [-0.39, 0.29) is 12.6 Å². The Kier molecular flexibility index (Phi) is 5.83. The van der Waals surface area contributed by atoms with E-state index in [2.05, 4.69) is 0 Å². The van der Waals surface area contributed by atoms with E-state index in [1.165, 1.54) is 4.90 Å². The Morgan fingerprint density at radius 3 is 2.15 bits per heavy atom. The van der Waals surface area contributed by atoms with Crippen LogP contribution >= 0.6 is 0 Å². The van der Waals surface area contributed by atoms with Crippen molar-refractivity contribution in [2.75, 3.05) is 20.2 Å². The van der Waals surface area contributed by atoms with Crippen LogP contribution in [0, 0.1) is 0 Å². The van der Waals surface area contributed by atoms with Gasteiger partial charge in [-0.3, -0.25) is 4.90 Å². The molecule has 1 atom stereocenters. The smallest absolute Gasteiger partial charge is 0.401 e. The van der Waals surface area contributed by atoms with Gasteiger partial charge in [-0.05, 0) is 31.5 Å². The first-order valence-corrected chi connectivity index (χ1v) is 6.43. The average molecular weight is 290 g/mol. The lowest BCUT2D eigenvalue weighted by molar-refractivity contribution is -0.150. The fourth-order valence-electron chi connectivity index (χ4n) is 1.90. The van der Waals surface area contributed by atoms with Crippen LogP contribution in [-0.2, 0) is 0 Å². The van der Waals surface area contributed by atoms with Crippen LogP contribution in [0.1, 0.15) is 25.5 Å². The molecule has 0 aliphatic rings. The monoisotopic (exact) mass is 290 g/mol. The molecule has 114 valence electrons. The van der Waals surface area contributed by atoms with E-state index in [9.17, 15) is 13.2 Å². The SMILES string of the molecule is COc1ccc(C(N)CN(CC(F)(F)F)C(C)C)cc1. The summed E-state index contributed by atoms with van der Waals surface area (Å²) < 4.78 is 42.6. The van der Waals surface area contributed by atoms with Crippen LogP contribution in [0.15, 0.2) is 24.3 Å². The predicted octanol–water partition coefficient (Wildman–Crippen LogP) is 2.97. The lowest BCUT2D eigenvalue weighted by Gasteiger charge is -2.30. The van der Waals surface area contributed by atoms with Crippen molar-refractivity contribution in [1.82, 2.24) is 4.90 Å². The molecule has 1 aromatic rings. The number of nitrogens with two attached hydrogens (primary N) is 1. The van der Waals surface area contributed by atoms with Gasteiger partial charge in [0.1, 0.15) is 5.75 Å². The van der Waals surface area contributed by atoms with E-state index in [1.807, 2.05) is 0 Å². The molecule has 0 bridgehead atoms. The second-order valence-electron chi connectivity index (χ2n) is 5.02. The van der Waals surface area contributed by atoms with Crippen LogP contribution in [-0.4, -0.2) is 37.3 Å². The third-order valence-corrected chi connectivity index (χ3v) is 3.09. The van der Waals surface area contributed by atoms with E-state index in [1.54, 1.807) is 45.2 Å². The molecule has 0 aromatic heterocycles. The quantitative estimate of drug-likeness (QED) is 0.875. The van der Waals surface area contributed by atoms with Gasteiger partial charge in [-0.2, -0.15) is 13.2 Å². The molecule has 0 aliphatic carbocycles. The van der Waals surface area contributed by atoms with Crippen molar-refractivity contribution < 1.29 is 17.9 Å². The van der Waals surface area contributed by atoms with Gasteiger partial charge < -0.3 is 10.5 Å². The number of alkyl halides is 3. The van der Waals surface area contributed by atoms with Gasteiger partial charge in [-0.1, -0.05) is 12.1 Å². The normalized spacial score (nSPS) is 13.8. The van der Waals surface area contributed by atoms with Gasteiger partial charge in [0.15, 0.2) is 0 Å². The first kappa shape index (κ1) is 16.8. The van der Waals surface area contributed by atoms with Gasteiger partial charge in [0, 0.05) is 18.6 Å². The number of rotatable bonds is 6. The standard InChI is InChI=1S/C14H21F3N2O/c1-10(2)19(9-14(15,16)17)8-13(18)11-4-6-12(20-3)7-5-11/h4-7,10,13H,8-9,18H2,1-3H3. The van der Waals surface area contributed by atoms with E-state index in [0.717, 1.165) is 5.56 Å². The van der Waals surface area contributed by atoms with Gasteiger partial charge in [0.2, 0.25) is 0 Å². The summed E-state index contributed by atoms with van der Waals surface area (Å²) in [4.78, 5) is 1.33. The molecule has 0 aliphatic heterocycles. The van der Waals surface area contributed by atoms with Crippen LogP contribution in [0.3, 0.4) is 0 Å². The lowest BCUT2D eigenvalue weighted by Crippen LogP contribution is -2.42. The zero-order chi connectivity index (χ0) is 15.3.